The number of benzene rings is 2. The van der Waals surface area contributed by atoms with Gasteiger partial charge in [0, 0.05) is 42.8 Å². The number of hydrogen-bond acceptors (Lipinski definition) is 5. The average molecular weight is 411 g/mol. The van der Waals surface area contributed by atoms with Crippen molar-refractivity contribution in [2.75, 3.05) is 11.9 Å². The van der Waals surface area contributed by atoms with E-state index in [1.54, 1.807) is 6.20 Å². The van der Waals surface area contributed by atoms with Gasteiger partial charge in [-0.05, 0) is 18.6 Å². The third kappa shape index (κ3) is 5.04. The van der Waals surface area contributed by atoms with Crippen LogP contribution >= 0.6 is 0 Å². The number of anilines is 1. The summed E-state index contributed by atoms with van der Waals surface area (Å²) in [4.78, 5) is 38.0. The van der Waals surface area contributed by atoms with Crippen molar-refractivity contribution < 1.29 is 18.9 Å². The highest BCUT2D eigenvalue weighted by atomic mass is 19.1. The Morgan fingerprint density at radius 2 is 1.90 bits per heavy atom. The molecule has 3 aromatic rings. The largest absolute Gasteiger partial charge is 0.348 e. The van der Waals surface area contributed by atoms with Crippen LogP contribution in [0.5, 0.6) is 0 Å². The summed E-state index contributed by atoms with van der Waals surface area (Å²) in [6.07, 6.45) is 4.08. The van der Waals surface area contributed by atoms with Gasteiger partial charge in [0.05, 0.1) is 4.92 Å². The second-order valence-corrected chi connectivity index (χ2v) is 6.30. The van der Waals surface area contributed by atoms with E-state index in [2.05, 4.69) is 15.6 Å². The van der Waals surface area contributed by atoms with Gasteiger partial charge in [0.2, 0.25) is 5.82 Å². The number of aryl methyl sites for hydroxylation is 1. The summed E-state index contributed by atoms with van der Waals surface area (Å²) in [6.45, 7) is 0.818. The van der Waals surface area contributed by atoms with Crippen LogP contribution in [0.4, 0.5) is 15.8 Å². The molecule has 1 heterocycles. The Morgan fingerprint density at radius 1 is 1.13 bits per heavy atom. The maximum absolute atomic E-state index is 13.3. The van der Waals surface area contributed by atoms with E-state index in [1.807, 2.05) is 41.1 Å². The number of carbonyl (C=O) groups is 2. The Labute approximate surface area is 170 Å². The van der Waals surface area contributed by atoms with Gasteiger partial charge >= 0.3 is 17.5 Å². The first-order valence-electron chi connectivity index (χ1n) is 9.05. The number of aromatic nitrogens is 2. The Bertz CT molecular complexity index is 1070. The van der Waals surface area contributed by atoms with E-state index in [1.165, 1.54) is 0 Å². The average Bonchev–Trinajstić information content (AvgIpc) is 3.21. The monoisotopic (exact) mass is 411 g/mol. The third-order valence-corrected chi connectivity index (χ3v) is 4.22. The van der Waals surface area contributed by atoms with E-state index in [0.29, 0.717) is 13.0 Å². The van der Waals surface area contributed by atoms with Crippen LogP contribution in [-0.2, 0) is 16.1 Å². The maximum Gasteiger partial charge on any atom is 0.313 e. The second-order valence-electron chi connectivity index (χ2n) is 6.30. The highest BCUT2D eigenvalue weighted by Crippen LogP contribution is 2.21. The minimum absolute atomic E-state index is 0.0471. The topological polar surface area (TPSA) is 119 Å². The number of nitro groups is 1. The number of halogens is 1. The predicted octanol–water partition coefficient (Wildman–Crippen LogP) is 2.74. The van der Waals surface area contributed by atoms with E-state index < -0.39 is 28.2 Å². The predicted molar refractivity (Wildman–Crippen MR) is 107 cm³/mol. The summed E-state index contributed by atoms with van der Waals surface area (Å²) in [5, 5.41) is 15.4. The summed E-state index contributed by atoms with van der Waals surface area (Å²) < 4.78 is 15.3. The molecule has 3 rings (SSSR count). The lowest BCUT2D eigenvalue weighted by Crippen LogP contribution is -2.36. The first kappa shape index (κ1) is 20.6. The van der Waals surface area contributed by atoms with Crippen molar-refractivity contribution in [1.29, 1.82) is 0 Å². The van der Waals surface area contributed by atoms with Gasteiger partial charge in [-0.25, -0.2) is 4.98 Å². The number of nitrogens with zero attached hydrogens (tertiary/aromatic N) is 3. The van der Waals surface area contributed by atoms with Crippen LogP contribution in [0.1, 0.15) is 6.42 Å². The maximum atomic E-state index is 13.3. The molecule has 30 heavy (non-hydrogen) atoms. The standard InChI is InChI=1S/C20H18FN5O4/c21-16-8-7-15(13-17(16)26(29)30)24-20(28)19(27)23-9-4-11-25-12-10-22-18(25)14-5-2-1-3-6-14/h1-3,5-8,10,12-13H,4,9,11H2,(H,23,27)(H,24,28). The summed E-state index contributed by atoms with van der Waals surface area (Å²) >= 11 is 0. The second kappa shape index (κ2) is 9.41. The van der Waals surface area contributed by atoms with Crippen LogP contribution in [0.15, 0.2) is 60.9 Å². The van der Waals surface area contributed by atoms with Gasteiger partial charge in [0.15, 0.2) is 0 Å². The number of rotatable bonds is 7. The van der Waals surface area contributed by atoms with E-state index >= 15 is 0 Å². The van der Waals surface area contributed by atoms with Gasteiger partial charge in [-0.15, -0.1) is 0 Å². The van der Waals surface area contributed by atoms with E-state index in [0.717, 1.165) is 29.6 Å². The SMILES string of the molecule is O=C(NCCCn1ccnc1-c1ccccc1)C(=O)Nc1ccc(F)c([N+](=O)[O-])c1. The molecule has 2 N–H and O–H groups in total. The van der Waals surface area contributed by atoms with Crippen molar-refractivity contribution in [3.63, 3.8) is 0 Å². The molecule has 2 aromatic carbocycles. The molecule has 0 aliphatic rings. The Kier molecular flexibility index (Phi) is 6.48. The van der Waals surface area contributed by atoms with Crippen LogP contribution in [0, 0.1) is 15.9 Å². The van der Waals surface area contributed by atoms with Crippen molar-refractivity contribution >= 4 is 23.2 Å². The number of carbonyl (C=O) groups excluding carboxylic acids is 2. The van der Waals surface area contributed by atoms with Gasteiger partial charge in [0.25, 0.3) is 0 Å². The first-order valence-corrected chi connectivity index (χ1v) is 9.05. The minimum atomic E-state index is -1.03. The Balaban J connectivity index is 1.49. The first-order chi connectivity index (χ1) is 14.5. The number of nitrogens with one attached hydrogen (secondary N) is 2. The molecule has 0 atom stereocenters. The lowest BCUT2D eigenvalue weighted by molar-refractivity contribution is -0.387. The minimum Gasteiger partial charge on any atom is -0.348 e. The molecule has 0 spiro atoms. The van der Waals surface area contributed by atoms with Crippen molar-refractivity contribution in [2.45, 2.75) is 13.0 Å². The smallest absolute Gasteiger partial charge is 0.313 e. The summed E-state index contributed by atoms with van der Waals surface area (Å²) in [7, 11) is 0. The van der Waals surface area contributed by atoms with Crippen LogP contribution in [-0.4, -0.2) is 32.8 Å². The molecule has 154 valence electrons. The quantitative estimate of drug-likeness (QED) is 0.268. The fourth-order valence-electron chi connectivity index (χ4n) is 2.79. The Hall–Kier alpha value is -4.08. The van der Waals surface area contributed by atoms with Gasteiger partial charge in [-0.2, -0.15) is 4.39 Å². The van der Waals surface area contributed by atoms with Gasteiger partial charge in [-0.1, -0.05) is 30.3 Å². The number of amides is 2. The number of imidazole rings is 1. The summed E-state index contributed by atoms with van der Waals surface area (Å²) in [6, 6.07) is 12.5. The van der Waals surface area contributed by atoms with Crippen LogP contribution in [0.2, 0.25) is 0 Å². The molecule has 0 unspecified atom stereocenters. The fraction of sp³-hybridized carbons (Fsp3) is 0.150. The molecule has 0 aliphatic carbocycles. The van der Waals surface area contributed by atoms with Crippen molar-refractivity contribution in [1.82, 2.24) is 14.9 Å². The lowest BCUT2D eigenvalue weighted by Gasteiger charge is -2.09. The molecule has 0 aliphatic heterocycles. The summed E-state index contributed by atoms with van der Waals surface area (Å²) in [5.41, 5.74) is 0.135. The van der Waals surface area contributed by atoms with E-state index in [-0.39, 0.29) is 12.2 Å². The zero-order valence-corrected chi connectivity index (χ0v) is 15.7. The zero-order chi connectivity index (χ0) is 21.5. The zero-order valence-electron chi connectivity index (χ0n) is 15.7. The normalized spacial score (nSPS) is 10.4. The lowest BCUT2D eigenvalue weighted by atomic mass is 10.2. The van der Waals surface area contributed by atoms with Crippen LogP contribution in [0.25, 0.3) is 11.4 Å². The molecule has 2 amide bonds. The molecule has 0 radical (unpaired) electrons. The van der Waals surface area contributed by atoms with E-state index in [9.17, 15) is 24.1 Å². The highest BCUT2D eigenvalue weighted by molar-refractivity contribution is 6.39. The molecule has 9 nitrogen and oxygen atoms in total. The highest BCUT2D eigenvalue weighted by Gasteiger charge is 2.18. The fourth-order valence-corrected chi connectivity index (χ4v) is 2.79. The third-order valence-electron chi connectivity index (χ3n) is 4.22. The van der Waals surface area contributed by atoms with Gasteiger partial charge in [-0.3, -0.25) is 19.7 Å². The van der Waals surface area contributed by atoms with Crippen molar-refractivity contribution in [3.8, 4) is 11.4 Å². The molecule has 10 heteroatoms. The van der Waals surface area contributed by atoms with Crippen LogP contribution < -0.4 is 10.6 Å². The molecular weight excluding hydrogens is 393 g/mol. The van der Waals surface area contributed by atoms with Gasteiger partial charge in [0.1, 0.15) is 5.82 Å². The molecular formula is C20H18FN5O4. The van der Waals surface area contributed by atoms with Crippen LogP contribution in [0.3, 0.4) is 0 Å². The molecule has 0 bridgehead atoms. The molecule has 1 aromatic heterocycles. The molecule has 0 saturated carbocycles. The van der Waals surface area contributed by atoms with Gasteiger partial charge < -0.3 is 15.2 Å². The van der Waals surface area contributed by atoms with E-state index in [4.69, 9.17) is 0 Å². The molecule has 0 fully saturated rings. The number of hydrogen-bond donors (Lipinski definition) is 2. The number of nitro benzene ring substituents is 1. The van der Waals surface area contributed by atoms with Crippen molar-refractivity contribution in [3.05, 3.63) is 76.9 Å². The summed E-state index contributed by atoms with van der Waals surface area (Å²) in [5.74, 6) is -2.12. The van der Waals surface area contributed by atoms with Crippen molar-refractivity contribution in [2.24, 2.45) is 0 Å². The molecule has 0 saturated heterocycles. The Morgan fingerprint density at radius 3 is 2.63 bits per heavy atom.